The molecule has 1 aromatic carbocycles. The lowest BCUT2D eigenvalue weighted by Gasteiger charge is -2.07. The third-order valence-corrected chi connectivity index (χ3v) is 4.72. The predicted molar refractivity (Wildman–Crippen MR) is 112 cm³/mol. The summed E-state index contributed by atoms with van der Waals surface area (Å²) < 4.78 is 43.3. The zero-order chi connectivity index (χ0) is 21.7. The van der Waals surface area contributed by atoms with E-state index in [9.17, 15) is 8.42 Å². The minimum absolute atomic E-state index is 0.0466. The number of hydrogen-bond donors (Lipinski definition) is 0. The second kappa shape index (κ2) is 9.27. The Balaban J connectivity index is 1.82. The van der Waals surface area contributed by atoms with Crippen LogP contribution in [0.3, 0.4) is 0 Å². The first kappa shape index (κ1) is 21.8. The Morgan fingerprint density at radius 3 is 2.30 bits per heavy atom. The van der Waals surface area contributed by atoms with E-state index in [1.165, 1.54) is 0 Å². The zero-order valence-electron chi connectivity index (χ0n) is 17.3. The summed E-state index contributed by atoms with van der Waals surface area (Å²) in [6.07, 6.45) is 2.70. The van der Waals surface area contributed by atoms with E-state index in [-0.39, 0.29) is 19.1 Å². The van der Waals surface area contributed by atoms with Gasteiger partial charge in [-0.3, -0.25) is 4.18 Å². The summed E-state index contributed by atoms with van der Waals surface area (Å²) in [4.78, 5) is 8.92. The van der Waals surface area contributed by atoms with Gasteiger partial charge < -0.3 is 13.9 Å². The number of benzene rings is 1. The van der Waals surface area contributed by atoms with Crippen LogP contribution in [0, 0.1) is 0 Å². The second-order valence-corrected chi connectivity index (χ2v) is 8.52. The molecule has 8 nitrogen and oxygen atoms in total. The van der Waals surface area contributed by atoms with Crippen molar-refractivity contribution in [1.29, 1.82) is 0 Å². The number of hydrogen-bond acceptors (Lipinski definition) is 8. The van der Waals surface area contributed by atoms with E-state index >= 15 is 0 Å². The third-order valence-electron chi connectivity index (χ3n) is 4.12. The Kier molecular flexibility index (Phi) is 6.73. The highest BCUT2D eigenvalue weighted by molar-refractivity contribution is 7.85. The van der Waals surface area contributed by atoms with E-state index in [2.05, 4.69) is 14.2 Å². The molecule has 0 saturated heterocycles. The van der Waals surface area contributed by atoms with E-state index in [0.29, 0.717) is 29.0 Å². The summed E-state index contributed by atoms with van der Waals surface area (Å²) in [7, 11) is -1.91. The van der Waals surface area contributed by atoms with Crippen LogP contribution in [0.1, 0.15) is 25.7 Å². The fourth-order valence-corrected chi connectivity index (χ4v) is 3.03. The van der Waals surface area contributed by atoms with E-state index in [0.717, 1.165) is 17.4 Å². The molecular weight excluding hydrogens is 408 g/mol. The van der Waals surface area contributed by atoms with Crippen LogP contribution < -0.4 is 9.47 Å². The van der Waals surface area contributed by atoms with Crippen molar-refractivity contribution in [3.63, 3.8) is 0 Å². The molecule has 2 aromatic heterocycles. The van der Waals surface area contributed by atoms with Gasteiger partial charge in [0.1, 0.15) is 24.7 Å². The van der Waals surface area contributed by atoms with Gasteiger partial charge in [0, 0.05) is 29.3 Å². The fraction of sp³-hybridized carbons (Fsp3) is 0.333. The lowest BCUT2D eigenvalue weighted by molar-refractivity contribution is 0.222. The molecule has 0 atom stereocenters. The maximum absolute atomic E-state index is 11.0. The molecule has 9 heteroatoms. The quantitative estimate of drug-likeness (QED) is 0.371. The number of nitrogens with zero attached hydrogens (tertiary/aromatic N) is 2. The first-order valence-corrected chi connectivity index (χ1v) is 11.2. The molecule has 0 saturated carbocycles. The smallest absolute Gasteiger partial charge is 0.264 e. The topological polar surface area (TPSA) is 101 Å². The lowest BCUT2D eigenvalue weighted by atomic mass is 10.1. The van der Waals surface area contributed by atoms with Crippen LogP contribution in [0.4, 0.5) is 0 Å². The molecule has 160 valence electrons. The van der Waals surface area contributed by atoms with Gasteiger partial charge in [-0.25, -0.2) is 9.97 Å². The van der Waals surface area contributed by atoms with Gasteiger partial charge in [0.05, 0.1) is 13.4 Å². The standard InChI is InChI=1S/C21H24N2O6S/c1-14(2)21-23-19(16-7-10-18(26-3)22-13-16)20(29-21)15-5-8-17(9-6-15)27-11-12-28-30(4,24)25/h5-10,13-14H,11-12H2,1-4H3. The molecule has 2 heterocycles. The molecule has 30 heavy (non-hydrogen) atoms. The van der Waals surface area contributed by atoms with E-state index in [1.54, 1.807) is 31.5 Å². The van der Waals surface area contributed by atoms with Gasteiger partial charge in [0.15, 0.2) is 11.7 Å². The van der Waals surface area contributed by atoms with Gasteiger partial charge in [0.25, 0.3) is 10.1 Å². The Bertz CT molecular complexity index is 1070. The first-order chi connectivity index (χ1) is 14.3. The highest BCUT2D eigenvalue weighted by Crippen LogP contribution is 2.35. The first-order valence-electron chi connectivity index (χ1n) is 9.35. The summed E-state index contributed by atoms with van der Waals surface area (Å²) in [5, 5.41) is 0. The Hall–Kier alpha value is -2.91. The molecule has 0 aliphatic carbocycles. The van der Waals surface area contributed by atoms with Crippen molar-refractivity contribution in [3.05, 3.63) is 48.5 Å². The Morgan fingerprint density at radius 2 is 1.73 bits per heavy atom. The van der Waals surface area contributed by atoms with Gasteiger partial charge >= 0.3 is 0 Å². The van der Waals surface area contributed by atoms with Crippen LogP contribution in [0.15, 0.2) is 47.0 Å². The van der Waals surface area contributed by atoms with Gasteiger partial charge in [-0.05, 0) is 30.3 Å². The minimum atomic E-state index is -3.47. The second-order valence-electron chi connectivity index (χ2n) is 6.87. The van der Waals surface area contributed by atoms with Crippen molar-refractivity contribution in [2.45, 2.75) is 19.8 Å². The van der Waals surface area contributed by atoms with Crippen LogP contribution in [-0.2, 0) is 14.3 Å². The maximum Gasteiger partial charge on any atom is 0.264 e. The third kappa shape index (κ3) is 5.58. The number of ether oxygens (including phenoxy) is 2. The summed E-state index contributed by atoms with van der Waals surface area (Å²) >= 11 is 0. The van der Waals surface area contributed by atoms with Gasteiger partial charge in [-0.15, -0.1) is 0 Å². The normalized spacial score (nSPS) is 11.6. The van der Waals surface area contributed by atoms with Crippen molar-refractivity contribution in [2.75, 3.05) is 26.6 Å². The average Bonchev–Trinajstić information content (AvgIpc) is 3.17. The summed E-state index contributed by atoms with van der Waals surface area (Å²) in [6, 6.07) is 10.9. The van der Waals surface area contributed by atoms with E-state index in [1.807, 2.05) is 32.0 Å². The van der Waals surface area contributed by atoms with Crippen LogP contribution >= 0.6 is 0 Å². The summed E-state index contributed by atoms with van der Waals surface area (Å²) in [5.74, 6) is 2.51. The fourth-order valence-electron chi connectivity index (χ4n) is 2.66. The molecule has 0 unspecified atom stereocenters. The van der Waals surface area contributed by atoms with E-state index < -0.39 is 10.1 Å². The van der Waals surface area contributed by atoms with E-state index in [4.69, 9.17) is 13.9 Å². The zero-order valence-corrected chi connectivity index (χ0v) is 18.1. The molecule has 0 spiro atoms. The van der Waals surface area contributed by atoms with Crippen molar-refractivity contribution in [3.8, 4) is 34.2 Å². The molecule has 0 fully saturated rings. The van der Waals surface area contributed by atoms with Crippen molar-refractivity contribution in [2.24, 2.45) is 0 Å². The number of pyridine rings is 1. The maximum atomic E-state index is 11.0. The molecule has 0 amide bonds. The summed E-state index contributed by atoms with van der Waals surface area (Å²) in [5.41, 5.74) is 2.35. The van der Waals surface area contributed by atoms with Gasteiger partial charge in [-0.2, -0.15) is 8.42 Å². The number of rotatable bonds is 9. The Labute approximate surface area is 176 Å². The SMILES string of the molecule is COc1ccc(-c2nc(C(C)C)oc2-c2ccc(OCCOS(C)(=O)=O)cc2)cn1. The van der Waals surface area contributed by atoms with Crippen LogP contribution in [0.5, 0.6) is 11.6 Å². The number of oxazole rings is 1. The molecule has 3 rings (SSSR count). The largest absolute Gasteiger partial charge is 0.491 e. The van der Waals surface area contributed by atoms with Crippen molar-refractivity contribution < 1.29 is 26.5 Å². The summed E-state index contributed by atoms with van der Waals surface area (Å²) in [6.45, 7) is 4.10. The average molecular weight is 432 g/mol. The number of methoxy groups -OCH3 is 1. The molecular formula is C21H24N2O6S. The van der Waals surface area contributed by atoms with Gasteiger partial charge in [0.2, 0.25) is 5.88 Å². The molecule has 0 radical (unpaired) electrons. The Morgan fingerprint density at radius 1 is 1.03 bits per heavy atom. The highest BCUT2D eigenvalue weighted by Gasteiger charge is 2.19. The van der Waals surface area contributed by atoms with Crippen LogP contribution in [0.25, 0.3) is 22.6 Å². The van der Waals surface area contributed by atoms with Crippen LogP contribution in [-0.4, -0.2) is 45.0 Å². The molecule has 3 aromatic rings. The highest BCUT2D eigenvalue weighted by atomic mass is 32.2. The number of aromatic nitrogens is 2. The molecule has 0 aliphatic rings. The minimum Gasteiger partial charge on any atom is -0.491 e. The van der Waals surface area contributed by atoms with Crippen LogP contribution in [0.2, 0.25) is 0 Å². The molecule has 0 bridgehead atoms. The predicted octanol–water partition coefficient (Wildman–Crippen LogP) is 3.89. The molecule has 0 aliphatic heterocycles. The molecule has 0 N–H and O–H groups in total. The van der Waals surface area contributed by atoms with Crippen molar-refractivity contribution >= 4 is 10.1 Å². The monoisotopic (exact) mass is 432 g/mol. The lowest BCUT2D eigenvalue weighted by Crippen LogP contribution is -2.11. The van der Waals surface area contributed by atoms with Crippen molar-refractivity contribution in [1.82, 2.24) is 9.97 Å². The van der Waals surface area contributed by atoms with Gasteiger partial charge in [-0.1, -0.05) is 13.8 Å².